The number of amides is 1. The van der Waals surface area contributed by atoms with Crippen molar-refractivity contribution in [3.8, 4) is 11.5 Å². The largest absolute Gasteiger partial charge is 0.507 e. The number of morpholine rings is 1. The highest BCUT2D eigenvalue weighted by Gasteiger charge is 2.46. The molecule has 2 heterocycles. The van der Waals surface area contributed by atoms with Gasteiger partial charge in [-0.25, -0.2) is 4.39 Å². The smallest absolute Gasteiger partial charge is 0.295 e. The van der Waals surface area contributed by atoms with Gasteiger partial charge in [-0.2, -0.15) is 0 Å². The molecule has 9 heteroatoms. The summed E-state index contributed by atoms with van der Waals surface area (Å²) in [5.41, 5.74) is 0.806. The van der Waals surface area contributed by atoms with Crippen molar-refractivity contribution < 1.29 is 33.3 Å². The Morgan fingerprint density at radius 1 is 1.08 bits per heavy atom. The first kappa shape index (κ1) is 25.7. The SMILES string of the molecule is CCCOc1ccc([C@@H]2/C(=C(\O)c3ccc(F)cc3)C(=O)C(=O)N2CCN2CCOCC2)cc1OC. The number of carbonyl (C=O) groups is 2. The van der Waals surface area contributed by atoms with Crippen molar-refractivity contribution >= 4 is 17.4 Å². The third-order valence-electron chi connectivity index (χ3n) is 6.38. The van der Waals surface area contributed by atoms with Crippen molar-refractivity contribution in [1.82, 2.24) is 9.80 Å². The number of halogens is 1. The number of ether oxygens (including phenoxy) is 3. The standard InChI is InChI=1S/C27H31FN2O6/c1-3-14-36-21-9-6-19(17-22(21)34-2)24-23(25(31)18-4-7-20(28)8-5-18)26(32)27(33)30(24)11-10-29-12-15-35-16-13-29/h4-9,17,24,31H,3,10-16H2,1-2H3/b25-23+/t24-/m1/s1. The van der Waals surface area contributed by atoms with Crippen LogP contribution in [0.1, 0.15) is 30.5 Å². The van der Waals surface area contributed by atoms with Crippen molar-refractivity contribution in [2.45, 2.75) is 19.4 Å². The minimum atomic E-state index is -0.842. The highest BCUT2D eigenvalue weighted by Crippen LogP contribution is 2.42. The molecule has 0 unspecified atom stereocenters. The zero-order valence-corrected chi connectivity index (χ0v) is 20.5. The van der Waals surface area contributed by atoms with Crippen LogP contribution >= 0.6 is 0 Å². The predicted octanol–water partition coefficient (Wildman–Crippen LogP) is 3.38. The second-order valence-electron chi connectivity index (χ2n) is 8.71. The third kappa shape index (κ3) is 5.37. The van der Waals surface area contributed by atoms with E-state index < -0.39 is 23.5 Å². The Morgan fingerprint density at radius 2 is 1.81 bits per heavy atom. The fourth-order valence-electron chi connectivity index (χ4n) is 4.48. The normalized spacial score (nSPS) is 20.1. The number of aliphatic hydroxyl groups is 1. The van der Waals surface area contributed by atoms with Crippen LogP contribution in [0.5, 0.6) is 11.5 Å². The van der Waals surface area contributed by atoms with E-state index in [0.29, 0.717) is 43.4 Å². The first-order valence-corrected chi connectivity index (χ1v) is 12.1. The molecule has 36 heavy (non-hydrogen) atoms. The fraction of sp³-hybridized carbons (Fsp3) is 0.407. The average Bonchev–Trinajstić information content (AvgIpc) is 3.16. The van der Waals surface area contributed by atoms with Gasteiger partial charge in [0.2, 0.25) is 0 Å². The lowest BCUT2D eigenvalue weighted by Crippen LogP contribution is -2.42. The van der Waals surface area contributed by atoms with Crippen LogP contribution in [0.3, 0.4) is 0 Å². The van der Waals surface area contributed by atoms with E-state index in [1.54, 1.807) is 18.2 Å². The Kier molecular flexibility index (Phi) is 8.22. The second kappa shape index (κ2) is 11.5. The number of benzene rings is 2. The molecule has 0 bridgehead atoms. The van der Waals surface area contributed by atoms with Crippen LogP contribution in [0, 0.1) is 5.82 Å². The highest BCUT2D eigenvalue weighted by atomic mass is 19.1. The van der Waals surface area contributed by atoms with Gasteiger partial charge in [-0.1, -0.05) is 13.0 Å². The maximum atomic E-state index is 13.5. The molecule has 0 aromatic heterocycles. The van der Waals surface area contributed by atoms with E-state index in [1.165, 1.54) is 36.3 Å². The molecule has 2 aliphatic rings. The van der Waals surface area contributed by atoms with Crippen molar-refractivity contribution in [2.24, 2.45) is 0 Å². The van der Waals surface area contributed by atoms with E-state index in [2.05, 4.69) is 4.90 Å². The Morgan fingerprint density at radius 3 is 2.47 bits per heavy atom. The molecule has 192 valence electrons. The molecular weight excluding hydrogens is 467 g/mol. The summed E-state index contributed by atoms with van der Waals surface area (Å²) < 4.78 is 30.2. The molecule has 0 spiro atoms. The summed E-state index contributed by atoms with van der Waals surface area (Å²) in [5, 5.41) is 11.1. The fourth-order valence-corrected chi connectivity index (χ4v) is 4.48. The number of Topliss-reactive ketones (excluding diaryl/α,β-unsaturated/α-hetero) is 1. The van der Waals surface area contributed by atoms with E-state index in [1.807, 2.05) is 6.92 Å². The maximum Gasteiger partial charge on any atom is 0.295 e. The number of carbonyl (C=O) groups excluding carboxylic acids is 2. The Labute approximate surface area is 209 Å². The van der Waals surface area contributed by atoms with Crippen molar-refractivity contribution in [2.75, 3.05) is 53.1 Å². The van der Waals surface area contributed by atoms with E-state index in [9.17, 15) is 19.1 Å². The monoisotopic (exact) mass is 498 g/mol. The molecule has 0 saturated carbocycles. The van der Waals surface area contributed by atoms with Crippen molar-refractivity contribution in [3.63, 3.8) is 0 Å². The highest BCUT2D eigenvalue weighted by molar-refractivity contribution is 6.46. The molecule has 0 radical (unpaired) electrons. The molecule has 2 aromatic carbocycles. The van der Waals surface area contributed by atoms with Gasteiger partial charge in [-0.3, -0.25) is 14.5 Å². The molecule has 8 nitrogen and oxygen atoms in total. The number of likely N-dealkylation sites (tertiary alicyclic amines) is 1. The van der Waals surface area contributed by atoms with Crippen LogP contribution in [0.4, 0.5) is 4.39 Å². The van der Waals surface area contributed by atoms with Gasteiger partial charge in [0, 0.05) is 31.7 Å². The van der Waals surface area contributed by atoms with Gasteiger partial charge in [0.15, 0.2) is 11.5 Å². The average molecular weight is 499 g/mol. The van der Waals surface area contributed by atoms with Crippen molar-refractivity contribution in [3.05, 3.63) is 65.0 Å². The van der Waals surface area contributed by atoms with Crippen molar-refractivity contribution in [1.29, 1.82) is 0 Å². The topological polar surface area (TPSA) is 88.5 Å². The quantitative estimate of drug-likeness (QED) is 0.322. The number of methoxy groups -OCH3 is 1. The summed E-state index contributed by atoms with van der Waals surface area (Å²) in [4.78, 5) is 30.1. The number of ketones is 1. The zero-order chi connectivity index (χ0) is 25.7. The number of aliphatic hydroxyl groups excluding tert-OH is 1. The van der Waals surface area contributed by atoms with Crippen LogP contribution in [0.25, 0.3) is 5.76 Å². The molecule has 2 saturated heterocycles. The van der Waals surface area contributed by atoms with Crippen LogP contribution in [0.15, 0.2) is 48.0 Å². The Hall–Kier alpha value is -3.43. The van der Waals surface area contributed by atoms with E-state index in [-0.39, 0.29) is 23.4 Å². The van der Waals surface area contributed by atoms with Crippen LogP contribution < -0.4 is 9.47 Å². The summed E-state index contributed by atoms with van der Waals surface area (Å²) in [6.07, 6.45) is 0.824. The molecule has 1 atom stereocenters. The van der Waals surface area contributed by atoms with Crippen LogP contribution in [-0.4, -0.2) is 79.7 Å². The number of rotatable bonds is 9. The van der Waals surface area contributed by atoms with Gasteiger partial charge >= 0.3 is 0 Å². The van der Waals surface area contributed by atoms with Crippen LogP contribution in [0.2, 0.25) is 0 Å². The molecule has 1 N–H and O–H groups in total. The van der Waals surface area contributed by atoms with Gasteiger partial charge in [0.1, 0.15) is 11.6 Å². The first-order valence-electron chi connectivity index (χ1n) is 12.1. The zero-order valence-electron chi connectivity index (χ0n) is 20.5. The minimum absolute atomic E-state index is 0.0436. The van der Waals surface area contributed by atoms with Gasteiger partial charge in [-0.15, -0.1) is 0 Å². The van der Waals surface area contributed by atoms with Crippen LogP contribution in [-0.2, 0) is 14.3 Å². The van der Waals surface area contributed by atoms with Gasteiger partial charge in [0.05, 0.1) is 38.5 Å². The van der Waals surface area contributed by atoms with Gasteiger partial charge < -0.3 is 24.2 Å². The van der Waals surface area contributed by atoms with E-state index in [0.717, 1.165) is 19.5 Å². The summed E-state index contributed by atoms with van der Waals surface area (Å²) in [5.74, 6) is -1.29. The number of hydrogen-bond acceptors (Lipinski definition) is 7. The lowest BCUT2D eigenvalue weighted by molar-refractivity contribution is -0.140. The predicted molar refractivity (Wildman–Crippen MR) is 131 cm³/mol. The summed E-state index contributed by atoms with van der Waals surface area (Å²) >= 11 is 0. The van der Waals surface area contributed by atoms with E-state index >= 15 is 0 Å². The Bertz CT molecular complexity index is 1130. The summed E-state index contributed by atoms with van der Waals surface area (Å²) in [6.45, 7) is 6.05. The second-order valence-corrected chi connectivity index (χ2v) is 8.71. The summed E-state index contributed by atoms with van der Waals surface area (Å²) in [6, 6.07) is 9.54. The first-order chi connectivity index (χ1) is 17.4. The lowest BCUT2D eigenvalue weighted by atomic mass is 9.95. The molecule has 2 fully saturated rings. The third-order valence-corrected chi connectivity index (χ3v) is 6.38. The summed E-state index contributed by atoms with van der Waals surface area (Å²) in [7, 11) is 1.52. The molecule has 1 amide bonds. The Balaban J connectivity index is 1.75. The molecule has 2 aliphatic heterocycles. The number of hydrogen-bond donors (Lipinski definition) is 1. The minimum Gasteiger partial charge on any atom is -0.507 e. The molecule has 2 aromatic rings. The maximum absolute atomic E-state index is 13.5. The van der Waals surface area contributed by atoms with E-state index in [4.69, 9.17) is 14.2 Å². The molecule has 4 rings (SSSR count). The van der Waals surface area contributed by atoms with Gasteiger partial charge in [0.25, 0.3) is 11.7 Å². The molecular formula is C27H31FN2O6. The van der Waals surface area contributed by atoms with Gasteiger partial charge in [-0.05, 0) is 48.4 Å². The number of nitrogens with zero attached hydrogens (tertiary/aromatic N) is 2. The lowest BCUT2D eigenvalue weighted by Gasteiger charge is -2.31. The molecule has 0 aliphatic carbocycles.